The summed E-state index contributed by atoms with van der Waals surface area (Å²) in [5.41, 5.74) is 9.47. The number of amides is 1. The molecule has 3 aromatic carbocycles. The Hall–Kier alpha value is -3.40. The Kier molecular flexibility index (Phi) is 5.90. The summed E-state index contributed by atoms with van der Waals surface area (Å²) in [5, 5.41) is 3.03. The van der Waals surface area contributed by atoms with E-state index in [1.54, 1.807) is 0 Å². The summed E-state index contributed by atoms with van der Waals surface area (Å²) < 4.78 is 2.30. The fourth-order valence-electron chi connectivity index (χ4n) is 4.17. The molecule has 0 aliphatic rings. The molecule has 1 aromatic heterocycles. The molecule has 0 saturated heterocycles. The van der Waals surface area contributed by atoms with E-state index in [-0.39, 0.29) is 5.91 Å². The van der Waals surface area contributed by atoms with Gasteiger partial charge in [0.05, 0.1) is 11.0 Å². The molecule has 0 bridgehead atoms. The highest BCUT2D eigenvalue weighted by Gasteiger charge is 2.15. The smallest absolute Gasteiger partial charge is 0.251 e. The number of rotatable bonds is 6. The van der Waals surface area contributed by atoms with Crippen molar-refractivity contribution in [1.29, 1.82) is 0 Å². The summed E-state index contributed by atoms with van der Waals surface area (Å²) in [4.78, 5) is 17.3. The monoisotopic (exact) mass is 411 g/mol. The number of carbonyl (C=O) groups excluding carboxylic acids is 1. The van der Waals surface area contributed by atoms with E-state index < -0.39 is 0 Å². The summed E-state index contributed by atoms with van der Waals surface area (Å²) in [6.45, 7) is 10.1. The summed E-state index contributed by atoms with van der Waals surface area (Å²) in [5.74, 6) is 0.941. The highest BCUT2D eigenvalue weighted by Crippen LogP contribution is 2.25. The minimum absolute atomic E-state index is 0.0516. The zero-order chi connectivity index (χ0) is 22.0. The van der Waals surface area contributed by atoms with Crippen molar-refractivity contribution in [1.82, 2.24) is 14.9 Å². The summed E-state index contributed by atoms with van der Waals surface area (Å²) in [6, 6.07) is 19.9. The number of benzene rings is 3. The van der Waals surface area contributed by atoms with Gasteiger partial charge < -0.3 is 9.88 Å². The number of nitrogens with one attached hydrogen (secondary N) is 1. The number of hydrogen-bond acceptors (Lipinski definition) is 2. The van der Waals surface area contributed by atoms with Gasteiger partial charge in [-0.15, -0.1) is 0 Å². The maximum absolute atomic E-state index is 12.4. The van der Waals surface area contributed by atoms with Crippen molar-refractivity contribution in [3.63, 3.8) is 0 Å². The Labute approximate surface area is 183 Å². The molecule has 0 fully saturated rings. The third-order valence-corrected chi connectivity index (χ3v) is 6.24. The molecule has 1 N–H and O–H groups in total. The molecule has 4 aromatic rings. The van der Waals surface area contributed by atoms with Crippen LogP contribution in [0.5, 0.6) is 0 Å². The van der Waals surface area contributed by atoms with Crippen LogP contribution in [-0.4, -0.2) is 22.0 Å². The van der Waals surface area contributed by atoms with E-state index in [9.17, 15) is 4.79 Å². The molecule has 1 amide bonds. The van der Waals surface area contributed by atoms with E-state index in [1.165, 1.54) is 27.8 Å². The van der Waals surface area contributed by atoms with Gasteiger partial charge in [0.1, 0.15) is 5.82 Å². The van der Waals surface area contributed by atoms with Crippen LogP contribution in [0.4, 0.5) is 0 Å². The number of nitrogens with zero attached hydrogens (tertiary/aromatic N) is 2. The number of fused-ring (bicyclic) bond motifs is 1. The molecule has 1 heterocycles. The van der Waals surface area contributed by atoms with Gasteiger partial charge in [0, 0.05) is 25.1 Å². The SMILES string of the molecule is Cc1cc(C)c(C)c(Cn2c(CCNC(=O)c3ccccc3)nc3ccccc32)c1C. The first-order valence-corrected chi connectivity index (χ1v) is 10.8. The van der Waals surface area contributed by atoms with Gasteiger partial charge in [0.15, 0.2) is 0 Å². The number of aryl methyl sites for hydroxylation is 2. The number of para-hydroxylation sites is 2. The fourth-order valence-corrected chi connectivity index (χ4v) is 4.17. The zero-order valence-corrected chi connectivity index (χ0v) is 18.7. The molecule has 158 valence electrons. The molecule has 0 radical (unpaired) electrons. The Balaban J connectivity index is 1.62. The number of carbonyl (C=O) groups is 1. The van der Waals surface area contributed by atoms with Gasteiger partial charge in [-0.05, 0) is 79.8 Å². The predicted molar refractivity (Wildman–Crippen MR) is 127 cm³/mol. The molecule has 31 heavy (non-hydrogen) atoms. The van der Waals surface area contributed by atoms with Crippen molar-refractivity contribution in [3.05, 3.63) is 99.9 Å². The van der Waals surface area contributed by atoms with Crippen molar-refractivity contribution >= 4 is 16.9 Å². The van der Waals surface area contributed by atoms with Crippen molar-refractivity contribution in [3.8, 4) is 0 Å². The van der Waals surface area contributed by atoms with Crippen LogP contribution < -0.4 is 5.32 Å². The average Bonchev–Trinajstić information content (AvgIpc) is 3.13. The van der Waals surface area contributed by atoms with Gasteiger partial charge in [0.25, 0.3) is 5.91 Å². The highest BCUT2D eigenvalue weighted by molar-refractivity contribution is 5.94. The van der Waals surface area contributed by atoms with E-state index >= 15 is 0 Å². The van der Waals surface area contributed by atoms with Crippen LogP contribution in [0.25, 0.3) is 11.0 Å². The minimum atomic E-state index is -0.0516. The largest absolute Gasteiger partial charge is 0.352 e. The molecule has 0 unspecified atom stereocenters. The topological polar surface area (TPSA) is 46.9 Å². The Morgan fingerprint density at radius 1 is 0.903 bits per heavy atom. The maximum atomic E-state index is 12.4. The maximum Gasteiger partial charge on any atom is 0.251 e. The van der Waals surface area contributed by atoms with E-state index in [0.29, 0.717) is 18.5 Å². The first-order chi connectivity index (χ1) is 15.0. The molecule has 0 spiro atoms. The molecule has 4 heteroatoms. The quantitative estimate of drug-likeness (QED) is 0.469. The lowest BCUT2D eigenvalue weighted by Crippen LogP contribution is -2.26. The predicted octanol–water partition coefficient (Wildman–Crippen LogP) is 5.29. The van der Waals surface area contributed by atoms with Gasteiger partial charge in [-0.25, -0.2) is 4.98 Å². The molecule has 0 aliphatic heterocycles. The van der Waals surface area contributed by atoms with Crippen LogP contribution in [-0.2, 0) is 13.0 Å². The van der Waals surface area contributed by atoms with Gasteiger partial charge in [0.2, 0.25) is 0 Å². The molecular weight excluding hydrogens is 382 g/mol. The normalized spacial score (nSPS) is 11.1. The Morgan fingerprint density at radius 3 is 2.26 bits per heavy atom. The van der Waals surface area contributed by atoms with Gasteiger partial charge >= 0.3 is 0 Å². The van der Waals surface area contributed by atoms with Crippen molar-refractivity contribution in [2.45, 2.75) is 40.7 Å². The second-order valence-corrected chi connectivity index (χ2v) is 8.21. The van der Waals surface area contributed by atoms with Crippen LogP contribution in [0.3, 0.4) is 0 Å². The second kappa shape index (κ2) is 8.76. The van der Waals surface area contributed by atoms with Gasteiger partial charge in [-0.1, -0.05) is 36.4 Å². The van der Waals surface area contributed by atoms with E-state index in [0.717, 1.165) is 23.4 Å². The summed E-state index contributed by atoms with van der Waals surface area (Å²) in [6.07, 6.45) is 0.677. The molecule has 4 nitrogen and oxygen atoms in total. The number of imidazole rings is 1. The van der Waals surface area contributed by atoms with Crippen LogP contribution in [0.2, 0.25) is 0 Å². The minimum Gasteiger partial charge on any atom is -0.352 e. The third kappa shape index (κ3) is 4.24. The van der Waals surface area contributed by atoms with E-state index in [2.05, 4.69) is 61.8 Å². The first-order valence-electron chi connectivity index (χ1n) is 10.8. The highest BCUT2D eigenvalue weighted by atomic mass is 16.1. The fraction of sp³-hybridized carbons (Fsp3) is 0.259. The lowest BCUT2D eigenvalue weighted by Gasteiger charge is -2.18. The number of aromatic nitrogens is 2. The Morgan fingerprint density at radius 2 is 1.55 bits per heavy atom. The lowest BCUT2D eigenvalue weighted by molar-refractivity contribution is 0.0954. The van der Waals surface area contributed by atoms with Gasteiger partial charge in [-0.2, -0.15) is 0 Å². The van der Waals surface area contributed by atoms with Crippen LogP contribution in [0.15, 0.2) is 60.7 Å². The van der Waals surface area contributed by atoms with Crippen LogP contribution in [0.1, 0.15) is 44.0 Å². The molecule has 4 rings (SSSR count). The third-order valence-electron chi connectivity index (χ3n) is 6.24. The Bertz CT molecular complexity index is 1210. The van der Waals surface area contributed by atoms with Crippen LogP contribution >= 0.6 is 0 Å². The average molecular weight is 412 g/mol. The van der Waals surface area contributed by atoms with E-state index in [1.807, 2.05) is 36.4 Å². The van der Waals surface area contributed by atoms with Crippen molar-refractivity contribution in [2.75, 3.05) is 6.54 Å². The summed E-state index contributed by atoms with van der Waals surface area (Å²) >= 11 is 0. The lowest BCUT2D eigenvalue weighted by atomic mass is 9.94. The standard InChI is InChI=1S/C27H29N3O/c1-18-16-19(2)21(4)23(20(18)3)17-30-25-13-9-8-12-24(25)29-26(30)14-15-28-27(31)22-10-6-5-7-11-22/h5-13,16H,14-15,17H2,1-4H3,(H,28,31). The zero-order valence-electron chi connectivity index (χ0n) is 18.7. The molecule has 0 atom stereocenters. The number of hydrogen-bond donors (Lipinski definition) is 1. The van der Waals surface area contributed by atoms with Gasteiger partial charge in [-0.3, -0.25) is 4.79 Å². The second-order valence-electron chi connectivity index (χ2n) is 8.21. The molecule has 0 saturated carbocycles. The van der Waals surface area contributed by atoms with E-state index in [4.69, 9.17) is 4.98 Å². The molecular formula is C27H29N3O. The van der Waals surface area contributed by atoms with Crippen molar-refractivity contribution in [2.24, 2.45) is 0 Å². The van der Waals surface area contributed by atoms with Crippen LogP contribution in [0, 0.1) is 27.7 Å². The molecule has 0 aliphatic carbocycles. The summed E-state index contributed by atoms with van der Waals surface area (Å²) in [7, 11) is 0. The van der Waals surface area contributed by atoms with Crippen molar-refractivity contribution < 1.29 is 4.79 Å². The first kappa shape index (κ1) is 20.9.